The van der Waals surface area contributed by atoms with Crippen LogP contribution in [0.2, 0.25) is 0 Å². The maximum atomic E-state index is 11.3. The number of aromatic nitrogens is 2. The van der Waals surface area contributed by atoms with E-state index >= 15 is 0 Å². The summed E-state index contributed by atoms with van der Waals surface area (Å²) < 4.78 is 0. The van der Waals surface area contributed by atoms with Crippen molar-refractivity contribution in [3.8, 4) is 0 Å². The molecule has 10 heteroatoms. The molecule has 0 saturated carbocycles. The van der Waals surface area contributed by atoms with Gasteiger partial charge in [-0.25, -0.2) is 29.1 Å². The van der Waals surface area contributed by atoms with Gasteiger partial charge in [0.15, 0.2) is 0 Å². The van der Waals surface area contributed by atoms with Crippen LogP contribution in [0.15, 0.2) is 97.1 Å². The molecular formula is C40H28N2O8. The van der Waals surface area contributed by atoms with Gasteiger partial charge < -0.3 is 20.4 Å². The van der Waals surface area contributed by atoms with Gasteiger partial charge >= 0.3 is 23.9 Å². The molecule has 0 radical (unpaired) electrons. The Kier molecular flexibility index (Phi) is 10.6. The lowest BCUT2D eigenvalue weighted by molar-refractivity contribution is 0.0686. The normalized spacial score (nSPS) is 11.5. The number of aromatic carboxylic acids is 4. The van der Waals surface area contributed by atoms with E-state index in [-0.39, 0.29) is 22.3 Å². The Morgan fingerprint density at radius 3 is 0.660 bits per heavy atom. The molecule has 0 aliphatic carbocycles. The molecule has 0 unspecified atom stereocenters. The van der Waals surface area contributed by atoms with E-state index in [1.165, 1.54) is 48.5 Å². The van der Waals surface area contributed by atoms with Crippen molar-refractivity contribution in [2.24, 2.45) is 0 Å². The molecule has 5 rings (SSSR count). The SMILES string of the molecule is O=C(O)c1ccc(/C=C/c2nc(/C=C/c3ccc(C(=O)O)cc3)c(/C=C/c3ccc(C(=O)O)cc3)nc2/C=C/c2ccc(C(=O)O)cc2)cc1. The molecule has 5 aromatic rings. The summed E-state index contributed by atoms with van der Waals surface area (Å²) in [5.41, 5.74) is 5.36. The molecule has 1 heterocycles. The van der Waals surface area contributed by atoms with Crippen molar-refractivity contribution in [3.63, 3.8) is 0 Å². The molecule has 4 N–H and O–H groups in total. The lowest BCUT2D eigenvalue weighted by atomic mass is 10.1. The first-order valence-electron chi connectivity index (χ1n) is 15.0. The predicted octanol–water partition coefficient (Wildman–Crippen LogP) is 7.95. The first kappa shape index (κ1) is 34.1. The maximum absolute atomic E-state index is 11.3. The second kappa shape index (κ2) is 15.6. The molecule has 4 aromatic carbocycles. The van der Waals surface area contributed by atoms with Gasteiger partial charge in [-0.3, -0.25) is 0 Å². The summed E-state index contributed by atoms with van der Waals surface area (Å²) >= 11 is 0. The molecule has 0 atom stereocenters. The molecule has 0 amide bonds. The van der Waals surface area contributed by atoms with Crippen molar-refractivity contribution in [1.82, 2.24) is 9.97 Å². The summed E-state index contributed by atoms with van der Waals surface area (Å²) in [5.74, 6) is -4.15. The maximum Gasteiger partial charge on any atom is 0.335 e. The topological polar surface area (TPSA) is 175 Å². The van der Waals surface area contributed by atoms with Crippen LogP contribution in [0.4, 0.5) is 0 Å². The molecule has 0 saturated heterocycles. The lowest BCUT2D eigenvalue weighted by Gasteiger charge is -2.08. The molecule has 0 spiro atoms. The van der Waals surface area contributed by atoms with E-state index < -0.39 is 23.9 Å². The van der Waals surface area contributed by atoms with Crippen LogP contribution in [0.3, 0.4) is 0 Å². The summed E-state index contributed by atoms with van der Waals surface area (Å²) in [6.07, 6.45) is 14.1. The van der Waals surface area contributed by atoms with Crippen molar-refractivity contribution in [2.45, 2.75) is 0 Å². The Hall–Kier alpha value is -7.20. The number of hydrogen-bond donors (Lipinski definition) is 4. The van der Waals surface area contributed by atoms with Crippen LogP contribution in [-0.2, 0) is 0 Å². The zero-order valence-electron chi connectivity index (χ0n) is 26.2. The van der Waals surface area contributed by atoms with Crippen LogP contribution in [-0.4, -0.2) is 54.3 Å². The fourth-order valence-electron chi connectivity index (χ4n) is 4.63. The number of rotatable bonds is 12. The van der Waals surface area contributed by atoms with Crippen LogP contribution < -0.4 is 0 Å². The van der Waals surface area contributed by atoms with E-state index in [2.05, 4.69) is 0 Å². The van der Waals surface area contributed by atoms with Crippen LogP contribution >= 0.6 is 0 Å². The van der Waals surface area contributed by atoms with Crippen LogP contribution in [0.25, 0.3) is 48.6 Å². The molecule has 0 aliphatic rings. The summed E-state index contributed by atoms with van der Waals surface area (Å²) in [6, 6.07) is 25.3. The zero-order valence-corrected chi connectivity index (χ0v) is 26.2. The van der Waals surface area contributed by atoms with E-state index in [1.807, 2.05) is 0 Å². The molecule has 0 aliphatic heterocycles. The van der Waals surface area contributed by atoms with E-state index in [1.54, 1.807) is 97.1 Å². The third-order valence-corrected chi connectivity index (χ3v) is 7.37. The van der Waals surface area contributed by atoms with E-state index in [0.717, 1.165) is 22.3 Å². The molecular weight excluding hydrogens is 636 g/mol. The predicted molar refractivity (Wildman–Crippen MR) is 191 cm³/mol. The Balaban J connectivity index is 1.60. The molecule has 10 nitrogen and oxygen atoms in total. The highest BCUT2D eigenvalue weighted by Gasteiger charge is 2.10. The average Bonchev–Trinajstić information content (AvgIpc) is 3.12. The summed E-state index contributed by atoms with van der Waals surface area (Å²) in [7, 11) is 0. The van der Waals surface area contributed by atoms with Crippen LogP contribution in [0, 0.1) is 0 Å². The minimum atomic E-state index is -1.04. The highest BCUT2D eigenvalue weighted by atomic mass is 16.4. The first-order valence-corrected chi connectivity index (χ1v) is 15.0. The van der Waals surface area contributed by atoms with Gasteiger partial charge in [0.25, 0.3) is 0 Å². The average molecular weight is 665 g/mol. The van der Waals surface area contributed by atoms with Crippen molar-refractivity contribution in [1.29, 1.82) is 0 Å². The van der Waals surface area contributed by atoms with Gasteiger partial charge in [-0.05, 0) is 95.1 Å². The minimum Gasteiger partial charge on any atom is -0.478 e. The van der Waals surface area contributed by atoms with Gasteiger partial charge in [-0.2, -0.15) is 0 Å². The van der Waals surface area contributed by atoms with Crippen molar-refractivity contribution < 1.29 is 39.6 Å². The smallest absolute Gasteiger partial charge is 0.335 e. The van der Waals surface area contributed by atoms with Gasteiger partial charge in [-0.15, -0.1) is 0 Å². The van der Waals surface area contributed by atoms with Gasteiger partial charge in [0.2, 0.25) is 0 Å². The van der Waals surface area contributed by atoms with E-state index in [4.69, 9.17) is 9.97 Å². The van der Waals surface area contributed by atoms with Crippen molar-refractivity contribution >= 4 is 72.5 Å². The highest BCUT2D eigenvalue weighted by Crippen LogP contribution is 2.21. The molecule has 1 aromatic heterocycles. The third-order valence-electron chi connectivity index (χ3n) is 7.37. The van der Waals surface area contributed by atoms with E-state index in [9.17, 15) is 39.6 Å². The highest BCUT2D eigenvalue weighted by molar-refractivity contribution is 5.90. The Morgan fingerprint density at radius 2 is 0.500 bits per heavy atom. The lowest BCUT2D eigenvalue weighted by Crippen LogP contribution is -2.00. The zero-order chi connectivity index (χ0) is 35.6. The summed E-state index contributed by atoms with van der Waals surface area (Å²) in [5, 5.41) is 37.0. The van der Waals surface area contributed by atoms with Crippen LogP contribution in [0.1, 0.15) is 86.5 Å². The van der Waals surface area contributed by atoms with Gasteiger partial charge in [-0.1, -0.05) is 72.8 Å². The second-order valence-corrected chi connectivity index (χ2v) is 10.8. The van der Waals surface area contributed by atoms with Crippen molar-refractivity contribution in [2.75, 3.05) is 0 Å². The van der Waals surface area contributed by atoms with Crippen molar-refractivity contribution in [3.05, 3.63) is 164 Å². The molecule has 0 bridgehead atoms. The second-order valence-electron chi connectivity index (χ2n) is 10.8. The van der Waals surface area contributed by atoms with Gasteiger partial charge in [0.05, 0.1) is 45.0 Å². The van der Waals surface area contributed by atoms with Gasteiger partial charge in [0, 0.05) is 0 Å². The molecule has 0 fully saturated rings. The first-order chi connectivity index (χ1) is 24.0. The quantitative estimate of drug-likeness (QED) is 0.102. The van der Waals surface area contributed by atoms with Gasteiger partial charge in [0.1, 0.15) is 0 Å². The Morgan fingerprint density at radius 1 is 0.320 bits per heavy atom. The molecule has 246 valence electrons. The number of carboxylic acid groups (broad SMARTS) is 4. The standard InChI is InChI=1S/C40H28N2O8/c43-37(44)29-13-1-25(2-14-29)9-21-33-34(22-10-26-3-15-30(16-4-26)38(45)46)42-36(24-12-28-7-19-32(20-8-28)40(49)50)35(41-33)23-11-27-5-17-31(18-6-27)39(47)48/h1-24H,(H,43,44)(H,45,46)(H,47,48)(H,49,50)/b21-9+,22-10+,23-11+,24-12+. The number of benzene rings is 4. The largest absolute Gasteiger partial charge is 0.478 e. The Labute approximate surface area is 286 Å². The third kappa shape index (κ3) is 8.99. The number of carboxylic acids is 4. The number of nitrogens with zero attached hydrogens (tertiary/aromatic N) is 2. The van der Waals surface area contributed by atoms with Crippen LogP contribution in [0.5, 0.6) is 0 Å². The summed E-state index contributed by atoms with van der Waals surface area (Å²) in [6.45, 7) is 0. The fourth-order valence-corrected chi connectivity index (χ4v) is 4.63. The Bertz CT molecular complexity index is 1870. The number of carbonyl (C=O) groups is 4. The molecule has 50 heavy (non-hydrogen) atoms. The fraction of sp³-hybridized carbons (Fsp3) is 0. The minimum absolute atomic E-state index is 0.150. The number of hydrogen-bond acceptors (Lipinski definition) is 6. The monoisotopic (exact) mass is 664 g/mol. The van der Waals surface area contributed by atoms with E-state index in [0.29, 0.717) is 22.8 Å². The summed E-state index contributed by atoms with van der Waals surface area (Å²) in [4.78, 5) is 55.1.